The largest absolute Gasteiger partial charge is 0.545 e. The van der Waals surface area contributed by atoms with E-state index >= 15 is 0 Å². The van der Waals surface area contributed by atoms with Crippen LogP contribution in [-0.4, -0.2) is 35.7 Å². The van der Waals surface area contributed by atoms with Gasteiger partial charge in [0.15, 0.2) is 9.84 Å². The number of aryl methyl sites for hydroxylation is 1. The highest BCUT2D eigenvalue weighted by Crippen LogP contribution is 2.30. The molecular weight excluding hydrogens is 292 g/mol. The van der Waals surface area contributed by atoms with Crippen LogP contribution >= 0.6 is 11.6 Å². The fraction of sp³-hybridized carbons (Fsp3) is 0.455. The Labute approximate surface area is 115 Å². The minimum atomic E-state index is -3.03. The average molecular weight is 304 g/mol. The Balaban J connectivity index is 2.34. The third-order valence-corrected chi connectivity index (χ3v) is 5.14. The first-order chi connectivity index (χ1) is 8.80. The van der Waals surface area contributed by atoms with E-state index in [0.717, 1.165) is 6.08 Å². The molecule has 0 radical (unpaired) electrons. The highest BCUT2D eigenvalue weighted by molar-refractivity contribution is 7.91. The highest BCUT2D eigenvalue weighted by Gasteiger charge is 2.31. The van der Waals surface area contributed by atoms with Gasteiger partial charge in [0, 0.05) is 5.56 Å². The lowest BCUT2D eigenvalue weighted by Crippen LogP contribution is -2.18. The predicted molar refractivity (Wildman–Crippen MR) is 68.3 cm³/mol. The number of sulfone groups is 1. The fourth-order valence-electron chi connectivity index (χ4n) is 2.08. The second kappa shape index (κ2) is 4.97. The number of aromatic nitrogens is 2. The summed E-state index contributed by atoms with van der Waals surface area (Å²) in [5.41, 5.74) is 1.02. The molecule has 8 heteroatoms. The van der Waals surface area contributed by atoms with E-state index in [0.29, 0.717) is 17.7 Å². The van der Waals surface area contributed by atoms with Crippen molar-refractivity contribution in [2.75, 3.05) is 11.5 Å². The first-order valence-corrected chi connectivity index (χ1v) is 7.84. The van der Waals surface area contributed by atoms with E-state index in [1.807, 2.05) is 0 Å². The number of carboxylic acid groups (broad SMARTS) is 1. The van der Waals surface area contributed by atoms with Gasteiger partial charge in [-0.3, -0.25) is 0 Å². The van der Waals surface area contributed by atoms with Crippen LogP contribution < -0.4 is 5.11 Å². The van der Waals surface area contributed by atoms with Gasteiger partial charge in [0.05, 0.1) is 29.2 Å². The standard InChI is InChI=1S/C11H13ClN2O4S/c1-7-9(2-3-10(15)16)11(12)14(13-7)8-4-5-19(17,18)6-8/h2-3,8H,4-6H2,1H3,(H,15,16)/p-1/b3-2+/t8-/m1/s1. The molecule has 1 aliphatic heterocycles. The van der Waals surface area contributed by atoms with Crippen LogP contribution in [0.1, 0.15) is 23.7 Å². The van der Waals surface area contributed by atoms with Crippen LogP contribution in [-0.2, 0) is 14.6 Å². The van der Waals surface area contributed by atoms with Crippen molar-refractivity contribution in [3.8, 4) is 0 Å². The zero-order valence-electron chi connectivity index (χ0n) is 10.2. The topological polar surface area (TPSA) is 92.1 Å². The molecule has 6 nitrogen and oxygen atoms in total. The second-order valence-electron chi connectivity index (χ2n) is 4.44. The van der Waals surface area contributed by atoms with Crippen molar-refractivity contribution >= 4 is 33.5 Å². The van der Waals surface area contributed by atoms with Gasteiger partial charge in [-0.2, -0.15) is 5.10 Å². The predicted octanol–water partition coefficient (Wildman–Crippen LogP) is -0.0324. The molecule has 104 valence electrons. The van der Waals surface area contributed by atoms with Gasteiger partial charge in [-0.05, 0) is 25.5 Å². The summed E-state index contributed by atoms with van der Waals surface area (Å²) in [7, 11) is -3.03. The van der Waals surface area contributed by atoms with E-state index in [1.165, 1.54) is 10.8 Å². The Morgan fingerprint density at radius 2 is 2.26 bits per heavy atom. The maximum absolute atomic E-state index is 11.4. The van der Waals surface area contributed by atoms with Crippen LogP contribution in [0.5, 0.6) is 0 Å². The number of hydrogen-bond acceptors (Lipinski definition) is 5. The number of carbonyl (C=O) groups excluding carboxylic acids is 1. The monoisotopic (exact) mass is 303 g/mol. The summed E-state index contributed by atoms with van der Waals surface area (Å²) in [4.78, 5) is 10.4. The minimum Gasteiger partial charge on any atom is -0.545 e. The van der Waals surface area contributed by atoms with Gasteiger partial charge >= 0.3 is 0 Å². The summed E-state index contributed by atoms with van der Waals surface area (Å²) in [5, 5.41) is 14.8. The number of rotatable bonds is 3. The van der Waals surface area contributed by atoms with E-state index in [4.69, 9.17) is 11.6 Å². The molecule has 1 aromatic rings. The number of halogens is 1. The number of carboxylic acids is 1. The van der Waals surface area contributed by atoms with Crippen LogP contribution in [0.25, 0.3) is 6.08 Å². The first-order valence-electron chi connectivity index (χ1n) is 5.64. The van der Waals surface area contributed by atoms with Crippen molar-refractivity contribution in [2.24, 2.45) is 0 Å². The smallest absolute Gasteiger partial charge is 0.152 e. The Morgan fingerprint density at radius 3 is 2.79 bits per heavy atom. The zero-order valence-corrected chi connectivity index (χ0v) is 11.7. The maximum atomic E-state index is 11.4. The molecule has 19 heavy (non-hydrogen) atoms. The van der Waals surface area contributed by atoms with Crippen LogP contribution in [0, 0.1) is 6.92 Å². The molecule has 1 aromatic heterocycles. The number of aliphatic carboxylic acids is 1. The van der Waals surface area contributed by atoms with Gasteiger partial charge in [-0.1, -0.05) is 11.6 Å². The summed E-state index contributed by atoms with van der Waals surface area (Å²) in [6.45, 7) is 1.68. The van der Waals surface area contributed by atoms with E-state index in [-0.39, 0.29) is 22.7 Å². The van der Waals surface area contributed by atoms with Gasteiger partial charge in [0.1, 0.15) is 5.15 Å². The van der Waals surface area contributed by atoms with Crippen molar-refractivity contribution < 1.29 is 18.3 Å². The number of carbonyl (C=O) groups is 1. The van der Waals surface area contributed by atoms with E-state index in [2.05, 4.69) is 5.10 Å². The minimum absolute atomic E-state index is 0.0114. The third kappa shape index (κ3) is 2.98. The zero-order chi connectivity index (χ0) is 14.2. The lowest BCUT2D eigenvalue weighted by Gasteiger charge is -2.09. The molecule has 1 atom stereocenters. The molecule has 1 saturated heterocycles. The van der Waals surface area contributed by atoms with E-state index in [1.54, 1.807) is 6.92 Å². The first kappa shape index (κ1) is 14.1. The molecule has 0 aromatic carbocycles. The molecule has 0 unspecified atom stereocenters. The lowest BCUT2D eigenvalue weighted by atomic mass is 10.2. The summed E-state index contributed by atoms with van der Waals surface area (Å²) < 4.78 is 24.4. The SMILES string of the molecule is Cc1nn([C@@H]2CCS(=O)(=O)C2)c(Cl)c1/C=C/C(=O)[O-]. The van der Waals surface area contributed by atoms with Crippen LogP contribution in [0.15, 0.2) is 6.08 Å². The van der Waals surface area contributed by atoms with Gasteiger partial charge in [0.2, 0.25) is 0 Å². The van der Waals surface area contributed by atoms with E-state index in [9.17, 15) is 18.3 Å². The van der Waals surface area contributed by atoms with Crippen molar-refractivity contribution in [3.05, 3.63) is 22.5 Å². The number of nitrogens with zero attached hydrogens (tertiary/aromatic N) is 2. The molecule has 2 rings (SSSR count). The molecule has 0 N–H and O–H groups in total. The summed E-state index contributed by atoms with van der Waals surface area (Å²) in [6, 6.07) is -0.290. The maximum Gasteiger partial charge on any atom is 0.152 e. The van der Waals surface area contributed by atoms with Crippen LogP contribution in [0.3, 0.4) is 0 Å². The Bertz CT molecular complexity index is 648. The molecule has 0 aliphatic carbocycles. The van der Waals surface area contributed by atoms with Crippen molar-refractivity contribution in [1.29, 1.82) is 0 Å². The Kier molecular flexibility index (Phi) is 3.69. The van der Waals surface area contributed by atoms with Gasteiger partial charge in [0.25, 0.3) is 0 Å². The van der Waals surface area contributed by atoms with Crippen LogP contribution in [0.4, 0.5) is 0 Å². The molecule has 2 heterocycles. The van der Waals surface area contributed by atoms with Crippen molar-refractivity contribution in [3.63, 3.8) is 0 Å². The molecule has 1 aliphatic rings. The van der Waals surface area contributed by atoms with Gasteiger partial charge in [-0.25, -0.2) is 13.1 Å². The Morgan fingerprint density at radius 1 is 1.58 bits per heavy atom. The molecule has 1 fully saturated rings. The summed E-state index contributed by atoms with van der Waals surface area (Å²) >= 11 is 6.13. The highest BCUT2D eigenvalue weighted by atomic mass is 35.5. The molecule has 0 bridgehead atoms. The third-order valence-electron chi connectivity index (χ3n) is 3.01. The van der Waals surface area contributed by atoms with Crippen LogP contribution in [0.2, 0.25) is 5.15 Å². The van der Waals surface area contributed by atoms with E-state index < -0.39 is 15.8 Å². The fourth-order valence-corrected chi connectivity index (χ4v) is 4.15. The molecule has 0 amide bonds. The average Bonchev–Trinajstić information content (AvgIpc) is 2.77. The second-order valence-corrected chi connectivity index (χ2v) is 7.03. The van der Waals surface area contributed by atoms with Gasteiger partial charge in [-0.15, -0.1) is 0 Å². The normalized spacial score (nSPS) is 22.1. The lowest BCUT2D eigenvalue weighted by molar-refractivity contribution is -0.297. The number of hydrogen-bond donors (Lipinski definition) is 0. The van der Waals surface area contributed by atoms with Gasteiger partial charge < -0.3 is 9.90 Å². The van der Waals surface area contributed by atoms with Crippen molar-refractivity contribution in [1.82, 2.24) is 9.78 Å². The molecule has 0 saturated carbocycles. The quantitative estimate of drug-likeness (QED) is 0.731. The summed E-state index contributed by atoms with van der Waals surface area (Å²) in [6.07, 6.45) is 2.64. The Hall–Kier alpha value is -1.34. The van der Waals surface area contributed by atoms with Crippen molar-refractivity contribution in [2.45, 2.75) is 19.4 Å². The summed E-state index contributed by atoms with van der Waals surface area (Å²) in [5.74, 6) is -1.19. The molecular formula is C11H12ClN2O4S-. The molecule has 0 spiro atoms.